The van der Waals surface area contributed by atoms with Crippen LogP contribution in [0.2, 0.25) is 0 Å². The molecule has 1 fully saturated rings. The minimum absolute atomic E-state index is 0.175. The van der Waals surface area contributed by atoms with E-state index in [1.165, 1.54) is 6.07 Å². The van der Waals surface area contributed by atoms with Gasteiger partial charge in [0.25, 0.3) is 5.91 Å². The zero-order valence-electron chi connectivity index (χ0n) is 15.1. The molecule has 1 aliphatic rings. The van der Waals surface area contributed by atoms with E-state index in [0.29, 0.717) is 22.3 Å². The number of rotatable bonds is 3. The molecule has 1 aliphatic carbocycles. The molecule has 0 atom stereocenters. The number of hydrogen-bond donors (Lipinski definition) is 1. The van der Waals surface area contributed by atoms with Crippen LogP contribution in [0.1, 0.15) is 41.6 Å². The van der Waals surface area contributed by atoms with Crippen molar-refractivity contribution in [3.05, 3.63) is 65.7 Å². The molecule has 1 amide bonds. The second-order valence-electron chi connectivity index (χ2n) is 7.11. The number of nitrogens with one attached hydrogen (secondary N) is 1. The third kappa shape index (κ3) is 3.72. The monoisotopic (exact) mass is 384 g/mol. The molecular formula is C22H19F3N2O. The molecule has 1 saturated carbocycles. The molecule has 28 heavy (non-hydrogen) atoms. The average Bonchev–Trinajstić information content (AvgIpc) is 3.19. The van der Waals surface area contributed by atoms with E-state index in [1.807, 2.05) is 6.07 Å². The highest BCUT2D eigenvalue weighted by atomic mass is 19.4. The summed E-state index contributed by atoms with van der Waals surface area (Å²) < 4.78 is 39.1. The van der Waals surface area contributed by atoms with Crippen molar-refractivity contribution in [2.45, 2.75) is 37.9 Å². The molecule has 1 N–H and O–H groups in total. The van der Waals surface area contributed by atoms with Crippen LogP contribution in [0.25, 0.3) is 22.2 Å². The summed E-state index contributed by atoms with van der Waals surface area (Å²) in [6, 6.07) is 14.0. The number of hydrogen-bond acceptors (Lipinski definition) is 2. The van der Waals surface area contributed by atoms with Crippen LogP contribution in [-0.4, -0.2) is 16.9 Å². The second-order valence-corrected chi connectivity index (χ2v) is 7.11. The number of nitrogens with zero attached hydrogens (tertiary/aromatic N) is 1. The summed E-state index contributed by atoms with van der Waals surface area (Å²) in [5, 5.41) is 3.82. The van der Waals surface area contributed by atoms with Crippen LogP contribution < -0.4 is 5.32 Å². The largest absolute Gasteiger partial charge is 0.416 e. The van der Waals surface area contributed by atoms with Crippen LogP contribution >= 0.6 is 0 Å². The van der Waals surface area contributed by atoms with Crippen LogP contribution in [-0.2, 0) is 6.18 Å². The highest BCUT2D eigenvalue weighted by molar-refractivity contribution is 6.06. The van der Waals surface area contributed by atoms with Gasteiger partial charge in [0.2, 0.25) is 0 Å². The number of carbonyl (C=O) groups excluding carboxylic acids is 1. The van der Waals surface area contributed by atoms with Gasteiger partial charge >= 0.3 is 6.18 Å². The minimum Gasteiger partial charge on any atom is -0.349 e. The summed E-state index contributed by atoms with van der Waals surface area (Å²) in [5.41, 5.74) is 0.979. The van der Waals surface area contributed by atoms with Crippen molar-refractivity contribution in [1.82, 2.24) is 10.3 Å². The van der Waals surface area contributed by atoms with Gasteiger partial charge in [-0.25, -0.2) is 4.98 Å². The third-order valence-corrected chi connectivity index (χ3v) is 5.14. The van der Waals surface area contributed by atoms with Gasteiger partial charge in [-0.3, -0.25) is 4.79 Å². The predicted octanol–water partition coefficient (Wildman–Crippen LogP) is 5.59. The molecule has 3 nitrogen and oxygen atoms in total. The Balaban J connectivity index is 1.73. The van der Waals surface area contributed by atoms with Gasteiger partial charge in [-0.1, -0.05) is 43.2 Å². The number of alkyl halides is 3. The smallest absolute Gasteiger partial charge is 0.349 e. The van der Waals surface area contributed by atoms with Crippen molar-refractivity contribution >= 4 is 16.8 Å². The second kappa shape index (κ2) is 7.26. The average molecular weight is 384 g/mol. The van der Waals surface area contributed by atoms with Crippen LogP contribution in [0.3, 0.4) is 0 Å². The molecule has 0 radical (unpaired) electrons. The molecule has 4 rings (SSSR count). The molecule has 1 heterocycles. The Bertz CT molecular complexity index is 1020. The maximum Gasteiger partial charge on any atom is 0.416 e. The lowest BCUT2D eigenvalue weighted by Crippen LogP contribution is -2.32. The first-order valence-electron chi connectivity index (χ1n) is 9.30. The fourth-order valence-corrected chi connectivity index (χ4v) is 3.68. The van der Waals surface area contributed by atoms with Crippen molar-refractivity contribution in [2.24, 2.45) is 0 Å². The fourth-order valence-electron chi connectivity index (χ4n) is 3.68. The number of fused-ring (bicyclic) bond motifs is 1. The number of amides is 1. The van der Waals surface area contributed by atoms with Gasteiger partial charge in [0, 0.05) is 17.0 Å². The Kier molecular flexibility index (Phi) is 4.79. The molecule has 1 aromatic heterocycles. The minimum atomic E-state index is -4.42. The quantitative estimate of drug-likeness (QED) is 0.639. The summed E-state index contributed by atoms with van der Waals surface area (Å²) in [7, 11) is 0. The number of pyridine rings is 1. The molecule has 0 unspecified atom stereocenters. The topological polar surface area (TPSA) is 42.0 Å². The highest BCUT2D eigenvalue weighted by Crippen LogP contribution is 2.32. The van der Waals surface area contributed by atoms with Crippen molar-refractivity contribution in [3.63, 3.8) is 0 Å². The summed E-state index contributed by atoms with van der Waals surface area (Å²) in [6.45, 7) is 0. The fraction of sp³-hybridized carbons (Fsp3) is 0.273. The molecule has 6 heteroatoms. The van der Waals surface area contributed by atoms with Crippen molar-refractivity contribution < 1.29 is 18.0 Å². The number of benzene rings is 2. The van der Waals surface area contributed by atoms with E-state index < -0.39 is 11.7 Å². The van der Waals surface area contributed by atoms with E-state index in [9.17, 15) is 18.0 Å². The molecular weight excluding hydrogens is 365 g/mol. The van der Waals surface area contributed by atoms with E-state index >= 15 is 0 Å². The Hall–Kier alpha value is -2.89. The first kappa shape index (κ1) is 18.5. The predicted molar refractivity (Wildman–Crippen MR) is 102 cm³/mol. The van der Waals surface area contributed by atoms with Crippen LogP contribution in [0, 0.1) is 0 Å². The van der Waals surface area contributed by atoms with E-state index in [1.54, 1.807) is 30.3 Å². The van der Waals surface area contributed by atoms with Gasteiger partial charge in [0.15, 0.2) is 0 Å². The molecule has 2 aromatic carbocycles. The van der Waals surface area contributed by atoms with E-state index in [-0.39, 0.29) is 11.9 Å². The first-order chi connectivity index (χ1) is 13.4. The lowest BCUT2D eigenvalue weighted by atomic mass is 10.0. The van der Waals surface area contributed by atoms with Crippen molar-refractivity contribution in [3.8, 4) is 11.3 Å². The summed E-state index contributed by atoms with van der Waals surface area (Å²) in [4.78, 5) is 17.3. The first-order valence-corrected chi connectivity index (χ1v) is 9.30. The Morgan fingerprint density at radius 3 is 2.50 bits per heavy atom. The van der Waals surface area contributed by atoms with Crippen molar-refractivity contribution in [1.29, 1.82) is 0 Å². The van der Waals surface area contributed by atoms with E-state index in [4.69, 9.17) is 0 Å². The Morgan fingerprint density at radius 2 is 1.75 bits per heavy atom. The van der Waals surface area contributed by atoms with E-state index in [0.717, 1.165) is 43.2 Å². The van der Waals surface area contributed by atoms with Crippen LogP contribution in [0.4, 0.5) is 13.2 Å². The normalized spacial score (nSPS) is 15.1. The summed E-state index contributed by atoms with van der Waals surface area (Å²) in [6.07, 6.45) is -0.255. The van der Waals surface area contributed by atoms with Gasteiger partial charge in [-0.15, -0.1) is 0 Å². The van der Waals surface area contributed by atoms with Gasteiger partial charge in [0.1, 0.15) is 0 Å². The Labute approximate surface area is 160 Å². The zero-order valence-corrected chi connectivity index (χ0v) is 15.1. The number of carbonyl (C=O) groups is 1. The standard InChI is InChI=1S/C22H19F3N2O/c23-22(24,25)16-7-3-6-15(13-16)19-12-11-14-5-4-10-18(20(14)27-19)21(28)26-17-8-1-2-9-17/h3-7,10-13,17H,1-2,8-9H2,(H,26,28). The van der Waals surface area contributed by atoms with Gasteiger partial charge in [-0.05, 0) is 37.1 Å². The number of halogens is 3. The van der Waals surface area contributed by atoms with Gasteiger partial charge in [0.05, 0.1) is 22.3 Å². The Morgan fingerprint density at radius 1 is 1.00 bits per heavy atom. The zero-order chi connectivity index (χ0) is 19.7. The number of para-hydroxylation sites is 1. The molecule has 0 bridgehead atoms. The molecule has 0 aliphatic heterocycles. The summed E-state index contributed by atoms with van der Waals surface area (Å²) in [5.74, 6) is -0.189. The molecule has 0 saturated heterocycles. The maximum absolute atomic E-state index is 13.0. The van der Waals surface area contributed by atoms with Gasteiger partial charge < -0.3 is 5.32 Å². The molecule has 144 valence electrons. The van der Waals surface area contributed by atoms with E-state index in [2.05, 4.69) is 10.3 Å². The van der Waals surface area contributed by atoms with Crippen LogP contribution in [0.5, 0.6) is 0 Å². The van der Waals surface area contributed by atoms with Gasteiger partial charge in [-0.2, -0.15) is 13.2 Å². The van der Waals surface area contributed by atoms with Crippen molar-refractivity contribution in [2.75, 3.05) is 0 Å². The summed E-state index contributed by atoms with van der Waals surface area (Å²) >= 11 is 0. The maximum atomic E-state index is 13.0. The third-order valence-electron chi connectivity index (χ3n) is 5.14. The lowest BCUT2D eigenvalue weighted by molar-refractivity contribution is -0.137. The highest BCUT2D eigenvalue weighted by Gasteiger charge is 2.30. The van der Waals surface area contributed by atoms with Crippen LogP contribution in [0.15, 0.2) is 54.6 Å². The molecule has 3 aromatic rings. The molecule has 0 spiro atoms. The number of aromatic nitrogens is 1. The SMILES string of the molecule is O=C(NC1CCCC1)c1cccc2ccc(-c3cccc(C(F)(F)F)c3)nc12. The lowest BCUT2D eigenvalue weighted by Gasteiger charge is -2.14.